The van der Waals surface area contributed by atoms with Crippen LogP contribution < -0.4 is 5.32 Å². The molecule has 7 nitrogen and oxygen atoms in total. The first-order valence-corrected chi connectivity index (χ1v) is 7.93. The second-order valence-corrected chi connectivity index (χ2v) is 6.15. The number of carbonyl (C=O) groups excluding carboxylic acids is 3. The number of anilines is 1. The summed E-state index contributed by atoms with van der Waals surface area (Å²) < 4.78 is 15.4. The Kier molecular flexibility index (Phi) is 5.28. The molecule has 8 heteroatoms. The maximum absolute atomic E-state index is 11.8. The highest BCUT2D eigenvalue weighted by Gasteiger charge is 2.38. The second-order valence-electron chi connectivity index (χ2n) is 5.30. The van der Waals surface area contributed by atoms with Crippen molar-refractivity contribution in [1.29, 1.82) is 0 Å². The first-order valence-electron chi connectivity index (χ1n) is 7.13. The zero-order chi connectivity index (χ0) is 17.9. The normalized spacial score (nSPS) is 16.1. The van der Waals surface area contributed by atoms with Crippen molar-refractivity contribution in [1.82, 2.24) is 0 Å². The van der Waals surface area contributed by atoms with E-state index in [0.29, 0.717) is 15.7 Å². The quantitative estimate of drug-likeness (QED) is 0.474. The molecule has 1 fully saturated rings. The van der Waals surface area contributed by atoms with Crippen LogP contribution in [-0.4, -0.2) is 30.3 Å². The van der Waals surface area contributed by atoms with Gasteiger partial charge >= 0.3 is 17.9 Å². The van der Waals surface area contributed by atoms with Crippen LogP contribution in [0.1, 0.15) is 31.1 Å². The van der Waals surface area contributed by atoms with Crippen LogP contribution in [0.5, 0.6) is 0 Å². The van der Waals surface area contributed by atoms with E-state index in [0.717, 1.165) is 0 Å². The summed E-state index contributed by atoms with van der Waals surface area (Å²) >= 11 is 3.28. The van der Waals surface area contributed by atoms with Crippen molar-refractivity contribution >= 4 is 39.5 Å². The average Bonchev–Trinajstić information content (AvgIpc) is 2.45. The molecule has 1 aliphatic heterocycles. The number of rotatable bonds is 4. The van der Waals surface area contributed by atoms with E-state index in [2.05, 4.69) is 21.2 Å². The predicted molar refractivity (Wildman–Crippen MR) is 88.1 cm³/mol. The van der Waals surface area contributed by atoms with Crippen LogP contribution in [0.25, 0.3) is 0 Å². The highest BCUT2D eigenvalue weighted by atomic mass is 79.9. The van der Waals surface area contributed by atoms with Crippen LogP contribution in [0, 0.1) is 0 Å². The van der Waals surface area contributed by atoms with Gasteiger partial charge in [-0.1, -0.05) is 0 Å². The fraction of sp³-hybridized carbons (Fsp3) is 0.312. The minimum Gasteiger partial charge on any atom is -0.462 e. The Hall–Kier alpha value is -2.35. The van der Waals surface area contributed by atoms with Gasteiger partial charge in [0.1, 0.15) is 0 Å². The Morgan fingerprint density at radius 3 is 2.46 bits per heavy atom. The number of halogens is 1. The summed E-state index contributed by atoms with van der Waals surface area (Å²) in [6.07, 6.45) is 1.20. The number of hydrogen-bond acceptors (Lipinski definition) is 7. The summed E-state index contributed by atoms with van der Waals surface area (Å²) in [5.41, 5.74) is 0.668. The largest absolute Gasteiger partial charge is 0.462 e. The smallest absolute Gasteiger partial charge is 0.350 e. The Morgan fingerprint density at radius 1 is 1.29 bits per heavy atom. The second kappa shape index (κ2) is 7.04. The standard InChI is InChI=1S/C16H16BrNO6/c1-4-22-13(19)10-6-5-9(7-12(10)17)18-8-11-14(20)23-16(2,3)24-15(11)21/h5-8,18H,4H2,1-3H3. The van der Waals surface area contributed by atoms with E-state index in [1.807, 2.05) is 0 Å². The average molecular weight is 398 g/mol. The Bertz CT molecular complexity index is 703. The molecule has 0 amide bonds. The summed E-state index contributed by atoms with van der Waals surface area (Å²) in [5, 5.41) is 2.80. The van der Waals surface area contributed by atoms with Crippen LogP contribution in [-0.2, 0) is 23.8 Å². The van der Waals surface area contributed by atoms with Gasteiger partial charge in [0.05, 0.1) is 12.2 Å². The number of benzene rings is 1. The van der Waals surface area contributed by atoms with Crippen molar-refractivity contribution in [2.75, 3.05) is 11.9 Å². The molecule has 0 bridgehead atoms. The maximum atomic E-state index is 11.8. The highest BCUT2D eigenvalue weighted by Crippen LogP contribution is 2.25. The molecule has 1 aliphatic rings. The molecule has 0 unspecified atom stereocenters. The Labute approximate surface area is 147 Å². The minimum atomic E-state index is -1.28. The lowest BCUT2D eigenvalue weighted by molar-refractivity contribution is -0.222. The molecule has 1 saturated heterocycles. The van der Waals surface area contributed by atoms with Gasteiger partial charge in [0.2, 0.25) is 0 Å². The predicted octanol–water partition coefficient (Wildman–Crippen LogP) is 2.76. The van der Waals surface area contributed by atoms with Gasteiger partial charge in [0, 0.05) is 30.2 Å². The van der Waals surface area contributed by atoms with Crippen molar-refractivity contribution in [2.24, 2.45) is 0 Å². The number of cyclic esters (lactones) is 2. The molecule has 24 heavy (non-hydrogen) atoms. The van der Waals surface area contributed by atoms with Crippen LogP contribution in [0.15, 0.2) is 34.4 Å². The van der Waals surface area contributed by atoms with Crippen LogP contribution >= 0.6 is 15.9 Å². The van der Waals surface area contributed by atoms with E-state index in [4.69, 9.17) is 14.2 Å². The fourth-order valence-corrected chi connectivity index (χ4v) is 2.45. The molecule has 1 N–H and O–H groups in total. The molecule has 1 aromatic rings. The summed E-state index contributed by atoms with van der Waals surface area (Å²) in [6, 6.07) is 4.79. The topological polar surface area (TPSA) is 90.9 Å². The van der Waals surface area contributed by atoms with Crippen LogP contribution in [0.4, 0.5) is 5.69 Å². The molecule has 0 saturated carbocycles. The number of esters is 3. The van der Waals surface area contributed by atoms with Crippen molar-refractivity contribution in [3.63, 3.8) is 0 Å². The highest BCUT2D eigenvalue weighted by molar-refractivity contribution is 9.10. The lowest BCUT2D eigenvalue weighted by Gasteiger charge is -2.29. The van der Waals surface area contributed by atoms with Gasteiger partial charge in [-0.3, -0.25) is 0 Å². The van der Waals surface area contributed by atoms with Crippen molar-refractivity contribution in [2.45, 2.75) is 26.6 Å². The zero-order valence-corrected chi connectivity index (χ0v) is 14.9. The molecular weight excluding hydrogens is 382 g/mol. The maximum Gasteiger partial charge on any atom is 0.350 e. The third-order valence-electron chi connectivity index (χ3n) is 2.96. The van der Waals surface area contributed by atoms with Gasteiger partial charge in [-0.2, -0.15) is 0 Å². The molecular formula is C16H16BrNO6. The van der Waals surface area contributed by atoms with Crippen LogP contribution in [0.2, 0.25) is 0 Å². The van der Waals surface area contributed by atoms with E-state index < -0.39 is 23.7 Å². The van der Waals surface area contributed by atoms with Gasteiger partial charge < -0.3 is 19.5 Å². The molecule has 0 aliphatic carbocycles. The summed E-state index contributed by atoms with van der Waals surface area (Å²) in [4.78, 5) is 35.4. The monoisotopic (exact) mass is 397 g/mol. The number of carbonyl (C=O) groups is 3. The first-order chi connectivity index (χ1) is 11.2. The van der Waals surface area contributed by atoms with Gasteiger partial charge in [-0.25, -0.2) is 14.4 Å². The number of hydrogen-bond donors (Lipinski definition) is 1. The lowest BCUT2D eigenvalue weighted by atomic mass is 10.2. The summed E-state index contributed by atoms with van der Waals surface area (Å²) in [7, 11) is 0. The van der Waals surface area contributed by atoms with E-state index in [1.165, 1.54) is 20.0 Å². The lowest BCUT2D eigenvalue weighted by Crippen LogP contribution is -2.42. The summed E-state index contributed by atoms with van der Waals surface area (Å²) in [5.74, 6) is -3.27. The molecule has 0 radical (unpaired) electrons. The Balaban J connectivity index is 2.14. The first kappa shape index (κ1) is 18.0. The van der Waals surface area contributed by atoms with Gasteiger partial charge in [-0.15, -0.1) is 0 Å². The zero-order valence-electron chi connectivity index (χ0n) is 13.3. The third-order valence-corrected chi connectivity index (χ3v) is 3.62. The van der Waals surface area contributed by atoms with E-state index >= 15 is 0 Å². The number of nitrogens with one attached hydrogen (secondary N) is 1. The molecule has 1 heterocycles. The molecule has 2 rings (SSSR count). The third kappa shape index (κ3) is 4.14. The molecule has 128 valence electrons. The molecule has 0 spiro atoms. The molecule has 0 atom stereocenters. The fourth-order valence-electron chi connectivity index (χ4n) is 1.91. The van der Waals surface area contributed by atoms with Gasteiger partial charge in [-0.05, 0) is 41.1 Å². The van der Waals surface area contributed by atoms with E-state index in [1.54, 1.807) is 25.1 Å². The van der Waals surface area contributed by atoms with E-state index in [9.17, 15) is 14.4 Å². The van der Waals surface area contributed by atoms with Gasteiger partial charge in [0.15, 0.2) is 5.57 Å². The molecule has 0 aromatic heterocycles. The van der Waals surface area contributed by atoms with Crippen molar-refractivity contribution < 1.29 is 28.6 Å². The Morgan fingerprint density at radius 2 is 1.92 bits per heavy atom. The van der Waals surface area contributed by atoms with Crippen molar-refractivity contribution in [3.05, 3.63) is 40.0 Å². The van der Waals surface area contributed by atoms with E-state index in [-0.39, 0.29) is 12.2 Å². The summed E-state index contributed by atoms with van der Waals surface area (Å²) in [6.45, 7) is 4.94. The number of ether oxygens (including phenoxy) is 3. The van der Waals surface area contributed by atoms with Crippen LogP contribution in [0.3, 0.4) is 0 Å². The molecule has 1 aromatic carbocycles. The minimum absolute atomic E-state index is 0.250. The SMILES string of the molecule is CCOC(=O)c1ccc(NC=C2C(=O)OC(C)(C)OC2=O)cc1Br. The van der Waals surface area contributed by atoms with Crippen molar-refractivity contribution in [3.8, 4) is 0 Å². The van der Waals surface area contributed by atoms with Gasteiger partial charge in [0.25, 0.3) is 5.79 Å².